The summed E-state index contributed by atoms with van der Waals surface area (Å²) in [6.07, 6.45) is 4.05. The second-order valence-corrected chi connectivity index (χ2v) is 3.15. The van der Waals surface area contributed by atoms with Gasteiger partial charge in [0.1, 0.15) is 6.33 Å². The van der Waals surface area contributed by atoms with Crippen LogP contribution >= 0.6 is 0 Å². The molecule has 1 aromatic rings. The number of hydrogen-bond acceptors (Lipinski definition) is 6. The summed E-state index contributed by atoms with van der Waals surface area (Å²) in [4.78, 5) is 19.4. The summed E-state index contributed by atoms with van der Waals surface area (Å²) >= 11 is 0. The number of nitrogens with one attached hydrogen (secondary N) is 2. The van der Waals surface area contributed by atoms with Crippen molar-refractivity contribution in [2.24, 2.45) is 11.7 Å². The molecular formula is C8H11N5O. The molecule has 1 aliphatic rings. The van der Waals surface area contributed by atoms with E-state index in [1.54, 1.807) is 0 Å². The highest BCUT2D eigenvalue weighted by atomic mass is 16.1. The van der Waals surface area contributed by atoms with Gasteiger partial charge >= 0.3 is 0 Å². The Bertz CT molecular complexity index is 328. The zero-order valence-electron chi connectivity index (χ0n) is 7.47. The van der Waals surface area contributed by atoms with Gasteiger partial charge in [0, 0.05) is 18.9 Å². The van der Waals surface area contributed by atoms with Crippen molar-refractivity contribution in [1.29, 1.82) is 0 Å². The first-order valence-corrected chi connectivity index (χ1v) is 4.32. The third-order valence-corrected chi connectivity index (χ3v) is 2.21. The molecule has 0 aliphatic carbocycles. The second kappa shape index (κ2) is 3.79. The Morgan fingerprint density at radius 3 is 2.79 bits per heavy atom. The maximum absolute atomic E-state index is 11.8. The van der Waals surface area contributed by atoms with E-state index in [-0.39, 0.29) is 17.9 Å². The molecule has 1 aliphatic heterocycles. The Morgan fingerprint density at radius 1 is 1.50 bits per heavy atom. The number of ketones is 1. The largest absolute Gasteiger partial charge is 0.314 e. The number of hydrazine groups is 1. The molecule has 74 valence electrons. The van der Waals surface area contributed by atoms with Crippen LogP contribution in [0.4, 0.5) is 0 Å². The monoisotopic (exact) mass is 193 g/mol. The highest BCUT2D eigenvalue weighted by Crippen LogP contribution is 2.10. The van der Waals surface area contributed by atoms with Crippen molar-refractivity contribution >= 4 is 5.78 Å². The number of nitrogens with two attached hydrogens (primary N) is 1. The summed E-state index contributed by atoms with van der Waals surface area (Å²) in [5, 5.41) is 0. The molecular weight excluding hydrogens is 182 g/mol. The molecule has 6 nitrogen and oxygen atoms in total. The molecule has 0 aromatic carbocycles. The predicted octanol–water partition coefficient (Wildman–Crippen LogP) is -1.33. The van der Waals surface area contributed by atoms with Crippen molar-refractivity contribution in [2.75, 3.05) is 6.54 Å². The molecule has 6 heteroatoms. The number of rotatable bonds is 2. The molecule has 0 spiro atoms. The van der Waals surface area contributed by atoms with E-state index in [0.717, 1.165) is 0 Å². The smallest absolute Gasteiger partial charge is 0.173 e. The van der Waals surface area contributed by atoms with E-state index in [9.17, 15) is 4.79 Å². The van der Waals surface area contributed by atoms with Gasteiger partial charge in [0.05, 0.1) is 17.6 Å². The molecule has 1 fully saturated rings. The number of aromatic nitrogens is 2. The van der Waals surface area contributed by atoms with E-state index in [1.807, 2.05) is 0 Å². The minimum Gasteiger partial charge on any atom is -0.314 e. The Kier molecular flexibility index (Phi) is 2.49. The van der Waals surface area contributed by atoms with Gasteiger partial charge in [0.15, 0.2) is 5.78 Å². The second-order valence-electron chi connectivity index (χ2n) is 3.15. The Balaban J connectivity index is 2.16. The SMILES string of the molecule is NC1NNCC1C(=O)c1cncnc1. The molecule has 14 heavy (non-hydrogen) atoms. The molecule has 4 N–H and O–H groups in total. The van der Waals surface area contributed by atoms with Crippen LogP contribution in [0.15, 0.2) is 18.7 Å². The third-order valence-electron chi connectivity index (χ3n) is 2.21. The number of hydrogen-bond donors (Lipinski definition) is 3. The van der Waals surface area contributed by atoms with Crippen LogP contribution < -0.4 is 16.6 Å². The Morgan fingerprint density at radius 2 is 2.21 bits per heavy atom. The highest BCUT2D eigenvalue weighted by molar-refractivity contribution is 5.98. The molecule has 2 rings (SSSR count). The van der Waals surface area contributed by atoms with Crippen LogP contribution in [0.1, 0.15) is 10.4 Å². The molecule has 2 heterocycles. The van der Waals surface area contributed by atoms with Crippen LogP contribution in [-0.4, -0.2) is 28.5 Å². The highest BCUT2D eigenvalue weighted by Gasteiger charge is 2.30. The van der Waals surface area contributed by atoms with Crippen LogP contribution in [0.2, 0.25) is 0 Å². The van der Waals surface area contributed by atoms with Gasteiger partial charge in [-0.1, -0.05) is 0 Å². The summed E-state index contributed by atoms with van der Waals surface area (Å²) in [5.41, 5.74) is 11.8. The van der Waals surface area contributed by atoms with Gasteiger partial charge in [0.25, 0.3) is 0 Å². The van der Waals surface area contributed by atoms with Gasteiger partial charge in [-0.05, 0) is 0 Å². The lowest BCUT2D eigenvalue weighted by Gasteiger charge is -2.11. The predicted molar refractivity (Wildman–Crippen MR) is 49.0 cm³/mol. The van der Waals surface area contributed by atoms with Crippen LogP contribution in [0.3, 0.4) is 0 Å². The average molecular weight is 193 g/mol. The molecule has 2 unspecified atom stereocenters. The van der Waals surface area contributed by atoms with Crippen molar-refractivity contribution in [3.63, 3.8) is 0 Å². The lowest BCUT2D eigenvalue weighted by Crippen LogP contribution is -2.41. The third kappa shape index (κ3) is 1.63. The maximum Gasteiger partial charge on any atom is 0.173 e. The van der Waals surface area contributed by atoms with Crippen molar-refractivity contribution in [3.05, 3.63) is 24.3 Å². The van der Waals surface area contributed by atoms with E-state index >= 15 is 0 Å². The summed E-state index contributed by atoms with van der Waals surface area (Å²) in [6.45, 7) is 0.537. The number of nitrogens with zero attached hydrogens (tertiary/aromatic N) is 2. The van der Waals surface area contributed by atoms with E-state index in [1.165, 1.54) is 18.7 Å². The van der Waals surface area contributed by atoms with Crippen LogP contribution in [0.25, 0.3) is 0 Å². The first kappa shape index (κ1) is 9.20. The van der Waals surface area contributed by atoms with Gasteiger partial charge in [-0.2, -0.15) is 0 Å². The van der Waals surface area contributed by atoms with Crippen LogP contribution in [0.5, 0.6) is 0 Å². The van der Waals surface area contributed by atoms with Crippen molar-refractivity contribution in [1.82, 2.24) is 20.8 Å². The Labute approximate surface area is 80.9 Å². The summed E-state index contributed by atoms with van der Waals surface area (Å²) in [7, 11) is 0. The van der Waals surface area contributed by atoms with E-state index in [4.69, 9.17) is 5.73 Å². The van der Waals surface area contributed by atoms with Crippen molar-refractivity contribution < 1.29 is 4.79 Å². The average Bonchev–Trinajstić information content (AvgIpc) is 2.65. The molecule has 1 aromatic heterocycles. The standard InChI is InChI=1S/C8H11N5O/c9-8-6(3-12-13-8)7(14)5-1-10-4-11-2-5/h1-2,4,6,8,12-13H,3,9H2. The van der Waals surface area contributed by atoms with Crippen LogP contribution in [0, 0.1) is 5.92 Å². The normalized spacial score (nSPS) is 26.4. The van der Waals surface area contributed by atoms with Gasteiger partial charge in [-0.15, -0.1) is 0 Å². The lowest BCUT2D eigenvalue weighted by molar-refractivity contribution is 0.0918. The maximum atomic E-state index is 11.8. The minimum atomic E-state index is -0.345. The number of carbonyl (C=O) groups excluding carboxylic acids is 1. The fourth-order valence-electron chi connectivity index (χ4n) is 1.41. The molecule has 2 atom stereocenters. The molecule has 0 amide bonds. The topological polar surface area (TPSA) is 92.9 Å². The molecule has 1 saturated heterocycles. The first-order chi connectivity index (χ1) is 6.79. The molecule has 0 bridgehead atoms. The summed E-state index contributed by atoms with van der Waals surface area (Å²) in [5.74, 6) is -0.281. The minimum absolute atomic E-state index is 0.0319. The lowest BCUT2D eigenvalue weighted by atomic mass is 9.98. The number of Topliss-reactive ketones (excluding diaryl/α,β-unsaturated/α-hetero) is 1. The van der Waals surface area contributed by atoms with Crippen molar-refractivity contribution in [3.8, 4) is 0 Å². The van der Waals surface area contributed by atoms with Crippen molar-refractivity contribution in [2.45, 2.75) is 6.17 Å². The fourth-order valence-corrected chi connectivity index (χ4v) is 1.41. The van der Waals surface area contributed by atoms with Crippen LogP contribution in [-0.2, 0) is 0 Å². The number of carbonyl (C=O) groups is 1. The summed E-state index contributed by atoms with van der Waals surface area (Å²) in [6, 6.07) is 0. The zero-order valence-corrected chi connectivity index (χ0v) is 7.47. The van der Waals surface area contributed by atoms with Gasteiger partial charge in [0.2, 0.25) is 0 Å². The zero-order chi connectivity index (χ0) is 9.97. The Hall–Kier alpha value is -1.37. The van der Waals surface area contributed by atoms with E-state index < -0.39 is 0 Å². The first-order valence-electron chi connectivity index (χ1n) is 4.32. The van der Waals surface area contributed by atoms with Gasteiger partial charge in [-0.25, -0.2) is 15.4 Å². The molecule has 0 radical (unpaired) electrons. The quantitative estimate of drug-likeness (QED) is 0.504. The van der Waals surface area contributed by atoms with E-state index in [2.05, 4.69) is 20.8 Å². The fraction of sp³-hybridized carbons (Fsp3) is 0.375. The van der Waals surface area contributed by atoms with Gasteiger partial charge in [-0.3, -0.25) is 10.2 Å². The van der Waals surface area contributed by atoms with Gasteiger partial charge < -0.3 is 5.73 Å². The van der Waals surface area contributed by atoms with E-state index in [0.29, 0.717) is 12.1 Å². The summed E-state index contributed by atoms with van der Waals surface area (Å²) < 4.78 is 0. The molecule has 0 saturated carbocycles.